The Morgan fingerprint density at radius 2 is 1.52 bits per heavy atom. The van der Waals surface area contributed by atoms with Crippen LogP contribution in [0.15, 0.2) is 69.7 Å². The molecule has 0 saturated heterocycles. The van der Waals surface area contributed by atoms with E-state index in [0.29, 0.717) is 24.2 Å². The van der Waals surface area contributed by atoms with Gasteiger partial charge in [0, 0.05) is 6.04 Å². The molecule has 8 heteroatoms. The molecule has 0 spiro atoms. The molecule has 2 N–H and O–H groups in total. The van der Waals surface area contributed by atoms with Crippen LogP contribution in [0.2, 0.25) is 0 Å². The molecule has 2 aromatic rings. The lowest BCUT2D eigenvalue weighted by Crippen LogP contribution is -2.44. The molecule has 0 bridgehead atoms. The fourth-order valence-corrected chi connectivity index (χ4v) is 4.45. The van der Waals surface area contributed by atoms with Gasteiger partial charge in [0.25, 0.3) is 0 Å². The summed E-state index contributed by atoms with van der Waals surface area (Å²) in [6, 6.07) is 14.7. The molecule has 3 rings (SSSR count). The molecule has 1 saturated carbocycles. The van der Waals surface area contributed by atoms with E-state index >= 15 is 0 Å². The number of sulfonamides is 1. The molecular weight excluding hydrogens is 366 g/mol. The summed E-state index contributed by atoms with van der Waals surface area (Å²) in [7, 11) is -3.80. The second-order valence-electron chi connectivity index (χ2n) is 6.49. The molecule has 0 radical (unpaired) electrons. The molecule has 0 heterocycles. The van der Waals surface area contributed by atoms with Gasteiger partial charge in [-0.3, -0.25) is 4.79 Å². The minimum Gasteiger partial charge on any atom is -0.481 e. The summed E-state index contributed by atoms with van der Waals surface area (Å²) in [6.07, 6.45) is 2.63. The number of carbonyl (C=O) groups is 1. The lowest BCUT2D eigenvalue weighted by Gasteiger charge is -2.28. The quantitative estimate of drug-likeness (QED) is 0.730. The Morgan fingerprint density at radius 3 is 2.15 bits per heavy atom. The van der Waals surface area contributed by atoms with Gasteiger partial charge in [-0.15, -0.1) is 0 Å². The van der Waals surface area contributed by atoms with Gasteiger partial charge in [0.05, 0.1) is 22.2 Å². The molecular formula is C19H21N3O4S. The molecule has 0 unspecified atom stereocenters. The van der Waals surface area contributed by atoms with Crippen molar-refractivity contribution in [2.24, 2.45) is 16.1 Å². The van der Waals surface area contributed by atoms with Crippen molar-refractivity contribution in [3.63, 3.8) is 0 Å². The van der Waals surface area contributed by atoms with Crippen LogP contribution in [0.4, 0.5) is 11.4 Å². The molecule has 2 atom stereocenters. The molecule has 142 valence electrons. The SMILES string of the molecule is O=C(O)[C@@H]1CCCC[C@H]1NS(=O)(=O)c1ccc(N=Nc2ccccc2)cc1. The molecule has 27 heavy (non-hydrogen) atoms. The number of nitrogens with one attached hydrogen (secondary N) is 1. The van der Waals surface area contributed by atoms with E-state index in [1.165, 1.54) is 12.1 Å². The van der Waals surface area contributed by atoms with Crippen LogP contribution in [0, 0.1) is 5.92 Å². The van der Waals surface area contributed by atoms with Gasteiger partial charge < -0.3 is 5.11 Å². The monoisotopic (exact) mass is 387 g/mol. The predicted molar refractivity (Wildman–Crippen MR) is 101 cm³/mol. The number of benzene rings is 2. The van der Waals surface area contributed by atoms with Crippen LogP contribution in [0.5, 0.6) is 0 Å². The van der Waals surface area contributed by atoms with E-state index in [1.54, 1.807) is 12.1 Å². The van der Waals surface area contributed by atoms with Gasteiger partial charge in [-0.2, -0.15) is 10.2 Å². The van der Waals surface area contributed by atoms with E-state index < -0.39 is 28.0 Å². The summed E-state index contributed by atoms with van der Waals surface area (Å²) in [6.45, 7) is 0. The third kappa shape index (κ3) is 4.99. The molecule has 7 nitrogen and oxygen atoms in total. The summed E-state index contributed by atoms with van der Waals surface area (Å²) in [5.74, 6) is -1.65. The van der Waals surface area contributed by atoms with Crippen molar-refractivity contribution in [2.75, 3.05) is 0 Å². The minimum absolute atomic E-state index is 0.0795. The van der Waals surface area contributed by atoms with E-state index in [1.807, 2.05) is 30.3 Å². The number of hydrogen-bond acceptors (Lipinski definition) is 5. The normalized spacial score (nSPS) is 20.6. The Labute approximate surface area is 158 Å². The lowest BCUT2D eigenvalue weighted by molar-refractivity contribution is -0.143. The maximum absolute atomic E-state index is 12.6. The third-order valence-electron chi connectivity index (χ3n) is 4.57. The topological polar surface area (TPSA) is 108 Å². The molecule has 0 aromatic heterocycles. The van der Waals surface area contributed by atoms with E-state index in [-0.39, 0.29) is 4.90 Å². The molecule has 1 aliphatic carbocycles. The highest BCUT2D eigenvalue weighted by atomic mass is 32.2. The number of aliphatic carboxylic acids is 1. The highest BCUT2D eigenvalue weighted by Crippen LogP contribution is 2.27. The summed E-state index contributed by atoms with van der Waals surface area (Å²) in [4.78, 5) is 11.4. The van der Waals surface area contributed by atoms with Crippen LogP contribution < -0.4 is 4.72 Å². The molecule has 1 aliphatic rings. The molecule has 1 fully saturated rings. The Balaban J connectivity index is 1.71. The fourth-order valence-electron chi connectivity index (χ4n) is 3.14. The Hall–Kier alpha value is -2.58. The predicted octanol–water partition coefficient (Wildman–Crippen LogP) is 4.02. The number of rotatable bonds is 6. The van der Waals surface area contributed by atoms with Crippen molar-refractivity contribution in [1.29, 1.82) is 0 Å². The zero-order chi connectivity index (χ0) is 19.3. The number of carboxylic acids is 1. The summed E-state index contributed by atoms with van der Waals surface area (Å²) in [5, 5.41) is 17.5. The number of azo groups is 1. The standard InChI is InChI=1S/C19H21N3O4S/c23-19(24)17-8-4-5-9-18(17)22-27(25,26)16-12-10-15(11-13-16)21-20-14-6-2-1-3-7-14/h1-3,6-7,10-13,17-18,22H,4-5,8-9H2,(H,23,24)/t17-,18-/m1/s1. The van der Waals surface area contributed by atoms with Crippen LogP contribution >= 0.6 is 0 Å². The summed E-state index contributed by atoms with van der Waals surface area (Å²) < 4.78 is 27.8. The molecule has 0 amide bonds. The average Bonchev–Trinajstić information content (AvgIpc) is 2.67. The van der Waals surface area contributed by atoms with Gasteiger partial charge >= 0.3 is 5.97 Å². The van der Waals surface area contributed by atoms with Crippen LogP contribution in [-0.4, -0.2) is 25.5 Å². The zero-order valence-corrected chi connectivity index (χ0v) is 15.5. The van der Waals surface area contributed by atoms with Crippen LogP contribution in [0.1, 0.15) is 25.7 Å². The number of nitrogens with zero attached hydrogens (tertiary/aromatic N) is 2. The minimum atomic E-state index is -3.80. The van der Waals surface area contributed by atoms with Gasteiger partial charge in [-0.05, 0) is 49.2 Å². The van der Waals surface area contributed by atoms with E-state index in [4.69, 9.17) is 0 Å². The summed E-state index contributed by atoms with van der Waals surface area (Å²) in [5.41, 5.74) is 1.23. The van der Waals surface area contributed by atoms with Gasteiger partial charge in [-0.1, -0.05) is 31.0 Å². The molecule has 2 aromatic carbocycles. The largest absolute Gasteiger partial charge is 0.481 e. The smallest absolute Gasteiger partial charge is 0.308 e. The zero-order valence-electron chi connectivity index (χ0n) is 14.7. The van der Waals surface area contributed by atoms with Crippen LogP contribution in [0.3, 0.4) is 0 Å². The number of carboxylic acid groups (broad SMARTS) is 1. The van der Waals surface area contributed by atoms with E-state index in [2.05, 4.69) is 15.0 Å². The van der Waals surface area contributed by atoms with Crippen LogP contribution in [0.25, 0.3) is 0 Å². The Bertz CT molecular complexity index is 912. The van der Waals surface area contributed by atoms with Crippen molar-refractivity contribution >= 4 is 27.4 Å². The lowest BCUT2D eigenvalue weighted by atomic mass is 9.85. The first-order valence-corrected chi connectivity index (χ1v) is 10.3. The van der Waals surface area contributed by atoms with Crippen molar-refractivity contribution in [3.05, 3.63) is 54.6 Å². The second-order valence-corrected chi connectivity index (χ2v) is 8.20. The van der Waals surface area contributed by atoms with E-state index in [0.717, 1.165) is 12.8 Å². The second kappa shape index (κ2) is 8.41. The first kappa shape index (κ1) is 19.2. The van der Waals surface area contributed by atoms with E-state index in [9.17, 15) is 18.3 Å². The van der Waals surface area contributed by atoms with Gasteiger partial charge in [0.2, 0.25) is 10.0 Å². The average molecular weight is 387 g/mol. The van der Waals surface area contributed by atoms with Crippen LogP contribution in [-0.2, 0) is 14.8 Å². The summed E-state index contributed by atoms with van der Waals surface area (Å²) >= 11 is 0. The first-order valence-electron chi connectivity index (χ1n) is 8.78. The maximum Gasteiger partial charge on any atom is 0.308 e. The van der Waals surface area contributed by atoms with Gasteiger partial charge in [-0.25, -0.2) is 13.1 Å². The van der Waals surface area contributed by atoms with Gasteiger partial charge in [0.15, 0.2) is 0 Å². The molecule has 0 aliphatic heterocycles. The highest BCUT2D eigenvalue weighted by Gasteiger charge is 2.33. The third-order valence-corrected chi connectivity index (χ3v) is 6.08. The Kier molecular flexibility index (Phi) is 5.98. The fraction of sp³-hybridized carbons (Fsp3) is 0.316. The van der Waals surface area contributed by atoms with Crippen molar-refractivity contribution in [2.45, 2.75) is 36.6 Å². The highest BCUT2D eigenvalue weighted by molar-refractivity contribution is 7.89. The maximum atomic E-state index is 12.6. The first-order chi connectivity index (χ1) is 13.0. The van der Waals surface area contributed by atoms with Crippen molar-refractivity contribution in [3.8, 4) is 0 Å². The van der Waals surface area contributed by atoms with Crippen molar-refractivity contribution in [1.82, 2.24) is 4.72 Å². The number of hydrogen-bond donors (Lipinski definition) is 2. The van der Waals surface area contributed by atoms with Crippen molar-refractivity contribution < 1.29 is 18.3 Å². The van der Waals surface area contributed by atoms with Gasteiger partial charge in [0.1, 0.15) is 0 Å². The Morgan fingerprint density at radius 1 is 0.926 bits per heavy atom.